The number of nitrogens with zero attached hydrogens (tertiary/aromatic N) is 2. The highest BCUT2D eigenvalue weighted by Crippen LogP contribution is 2.08. The van der Waals surface area contributed by atoms with Crippen LogP contribution in [0.5, 0.6) is 0 Å². The van der Waals surface area contributed by atoms with Crippen LogP contribution in [0.1, 0.15) is 6.92 Å². The van der Waals surface area contributed by atoms with Crippen LogP contribution >= 0.6 is 0 Å². The van der Waals surface area contributed by atoms with Gasteiger partial charge in [-0.3, -0.25) is 4.90 Å². The molecule has 2 unspecified atom stereocenters. The summed E-state index contributed by atoms with van der Waals surface area (Å²) in [6.45, 7) is 6.77. The molecule has 0 bridgehead atoms. The maximum absolute atomic E-state index is 5.69. The largest absolute Gasteiger partial charge is 0.374 e. The Labute approximate surface area is 87.0 Å². The van der Waals surface area contributed by atoms with Gasteiger partial charge in [-0.15, -0.1) is 0 Å². The first-order valence-corrected chi connectivity index (χ1v) is 5.34. The molecule has 0 amide bonds. The SMILES string of the molecule is CC(CN)N1CCOC(CN(C)C)C1. The molecule has 0 spiro atoms. The Kier molecular flexibility index (Phi) is 4.81. The molecule has 1 fully saturated rings. The van der Waals surface area contributed by atoms with Crippen LogP contribution in [-0.2, 0) is 4.74 Å². The molecule has 1 aliphatic rings. The molecule has 1 saturated heterocycles. The monoisotopic (exact) mass is 201 g/mol. The van der Waals surface area contributed by atoms with Crippen LogP contribution in [0.25, 0.3) is 0 Å². The minimum atomic E-state index is 0.341. The fraction of sp³-hybridized carbons (Fsp3) is 1.00. The van der Waals surface area contributed by atoms with Gasteiger partial charge in [-0.2, -0.15) is 0 Å². The molecule has 0 radical (unpaired) electrons. The fourth-order valence-electron chi connectivity index (χ4n) is 1.81. The minimum absolute atomic E-state index is 0.341. The maximum atomic E-state index is 5.69. The lowest BCUT2D eigenvalue weighted by atomic mass is 10.2. The van der Waals surface area contributed by atoms with E-state index in [1.165, 1.54) is 0 Å². The molecular weight excluding hydrogens is 178 g/mol. The topological polar surface area (TPSA) is 41.7 Å². The average molecular weight is 201 g/mol. The third kappa shape index (κ3) is 3.53. The van der Waals surface area contributed by atoms with Crippen molar-refractivity contribution >= 4 is 0 Å². The number of nitrogens with two attached hydrogens (primary N) is 1. The van der Waals surface area contributed by atoms with Crippen LogP contribution in [0.2, 0.25) is 0 Å². The zero-order valence-corrected chi connectivity index (χ0v) is 9.57. The summed E-state index contributed by atoms with van der Waals surface area (Å²) < 4.78 is 5.69. The van der Waals surface area contributed by atoms with Crippen LogP contribution in [0.15, 0.2) is 0 Å². The van der Waals surface area contributed by atoms with Crippen molar-refractivity contribution in [2.24, 2.45) is 5.73 Å². The molecule has 4 heteroatoms. The molecule has 84 valence electrons. The second-order valence-electron chi connectivity index (χ2n) is 4.33. The summed E-state index contributed by atoms with van der Waals surface area (Å²) >= 11 is 0. The second-order valence-corrected chi connectivity index (χ2v) is 4.33. The van der Waals surface area contributed by atoms with Gasteiger partial charge in [0.15, 0.2) is 0 Å². The van der Waals surface area contributed by atoms with Crippen LogP contribution in [0.4, 0.5) is 0 Å². The Morgan fingerprint density at radius 2 is 2.29 bits per heavy atom. The Hall–Kier alpha value is -0.160. The molecule has 1 heterocycles. The fourth-order valence-corrected chi connectivity index (χ4v) is 1.81. The van der Waals surface area contributed by atoms with E-state index in [0.29, 0.717) is 12.1 Å². The van der Waals surface area contributed by atoms with Gasteiger partial charge in [0, 0.05) is 32.2 Å². The molecule has 1 aliphatic heterocycles. The third-order valence-electron chi connectivity index (χ3n) is 2.70. The smallest absolute Gasteiger partial charge is 0.0829 e. The van der Waals surface area contributed by atoms with Gasteiger partial charge >= 0.3 is 0 Å². The highest BCUT2D eigenvalue weighted by atomic mass is 16.5. The normalized spacial score (nSPS) is 26.8. The maximum Gasteiger partial charge on any atom is 0.0829 e. The van der Waals surface area contributed by atoms with Gasteiger partial charge in [-0.05, 0) is 21.0 Å². The van der Waals surface area contributed by atoms with Gasteiger partial charge in [0.2, 0.25) is 0 Å². The molecule has 2 atom stereocenters. The van der Waals surface area contributed by atoms with Crippen LogP contribution in [0.3, 0.4) is 0 Å². The van der Waals surface area contributed by atoms with Crippen molar-refractivity contribution in [3.8, 4) is 0 Å². The van der Waals surface area contributed by atoms with Crippen molar-refractivity contribution < 1.29 is 4.74 Å². The van der Waals surface area contributed by atoms with Gasteiger partial charge < -0.3 is 15.4 Å². The second kappa shape index (κ2) is 5.66. The summed E-state index contributed by atoms with van der Waals surface area (Å²) in [5.41, 5.74) is 5.66. The number of morpholine rings is 1. The van der Waals surface area contributed by atoms with Crippen LogP contribution in [0, 0.1) is 0 Å². The van der Waals surface area contributed by atoms with E-state index in [1.807, 2.05) is 0 Å². The van der Waals surface area contributed by atoms with Crippen molar-refractivity contribution in [3.63, 3.8) is 0 Å². The standard InChI is InChI=1S/C10H23N3O/c1-9(6-11)13-4-5-14-10(8-13)7-12(2)3/h9-10H,4-8,11H2,1-3H3. The Bertz CT molecular complexity index is 163. The number of likely N-dealkylation sites (N-methyl/N-ethyl adjacent to an activating group) is 1. The van der Waals surface area contributed by atoms with Gasteiger partial charge in [-0.25, -0.2) is 0 Å². The molecule has 0 aromatic carbocycles. The van der Waals surface area contributed by atoms with E-state index in [2.05, 4.69) is 30.8 Å². The highest BCUT2D eigenvalue weighted by Gasteiger charge is 2.23. The van der Waals surface area contributed by atoms with Crippen molar-refractivity contribution in [3.05, 3.63) is 0 Å². The van der Waals surface area contributed by atoms with Crippen molar-refractivity contribution in [1.82, 2.24) is 9.80 Å². The molecule has 0 saturated carbocycles. The van der Waals surface area contributed by atoms with E-state index in [0.717, 1.165) is 32.8 Å². The lowest BCUT2D eigenvalue weighted by Crippen LogP contribution is -2.51. The molecule has 4 nitrogen and oxygen atoms in total. The van der Waals surface area contributed by atoms with Gasteiger partial charge in [0.1, 0.15) is 0 Å². The summed E-state index contributed by atoms with van der Waals surface area (Å²) in [6.07, 6.45) is 0.341. The summed E-state index contributed by atoms with van der Waals surface area (Å²) in [6, 6.07) is 0.476. The minimum Gasteiger partial charge on any atom is -0.374 e. The molecule has 1 rings (SSSR count). The number of hydrogen-bond donors (Lipinski definition) is 1. The zero-order valence-electron chi connectivity index (χ0n) is 9.57. The highest BCUT2D eigenvalue weighted by molar-refractivity contribution is 4.77. The van der Waals surface area contributed by atoms with E-state index in [-0.39, 0.29) is 0 Å². The summed E-state index contributed by atoms with van der Waals surface area (Å²) in [5.74, 6) is 0. The van der Waals surface area contributed by atoms with Crippen molar-refractivity contribution in [1.29, 1.82) is 0 Å². The molecular formula is C10H23N3O. The van der Waals surface area contributed by atoms with E-state index in [9.17, 15) is 0 Å². The Morgan fingerprint density at radius 3 is 2.86 bits per heavy atom. The molecule has 0 aromatic heterocycles. The Morgan fingerprint density at radius 1 is 1.57 bits per heavy atom. The van der Waals surface area contributed by atoms with Crippen LogP contribution < -0.4 is 5.73 Å². The Balaban J connectivity index is 2.35. The summed E-state index contributed by atoms with van der Waals surface area (Å²) in [7, 11) is 4.16. The molecule has 2 N–H and O–H groups in total. The van der Waals surface area contributed by atoms with E-state index in [4.69, 9.17) is 10.5 Å². The van der Waals surface area contributed by atoms with Crippen molar-refractivity contribution in [2.45, 2.75) is 19.1 Å². The predicted octanol–water partition coefficient (Wildman–Crippen LogP) is -0.404. The van der Waals surface area contributed by atoms with Gasteiger partial charge in [-0.1, -0.05) is 0 Å². The first-order chi connectivity index (χ1) is 6.63. The quantitative estimate of drug-likeness (QED) is 0.672. The molecule has 0 aromatic rings. The van der Waals surface area contributed by atoms with Crippen LogP contribution in [-0.4, -0.2) is 68.8 Å². The van der Waals surface area contributed by atoms with E-state index >= 15 is 0 Å². The third-order valence-corrected chi connectivity index (χ3v) is 2.70. The average Bonchev–Trinajstić information content (AvgIpc) is 2.16. The van der Waals surface area contributed by atoms with E-state index < -0.39 is 0 Å². The number of ether oxygens (including phenoxy) is 1. The lowest BCUT2D eigenvalue weighted by molar-refractivity contribution is -0.0482. The molecule has 14 heavy (non-hydrogen) atoms. The first kappa shape index (κ1) is 11.9. The lowest BCUT2D eigenvalue weighted by Gasteiger charge is -2.37. The predicted molar refractivity (Wildman–Crippen MR) is 58.4 cm³/mol. The molecule has 0 aliphatic carbocycles. The number of hydrogen-bond acceptors (Lipinski definition) is 4. The first-order valence-electron chi connectivity index (χ1n) is 5.34. The number of rotatable bonds is 4. The van der Waals surface area contributed by atoms with E-state index in [1.54, 1.807) is 0 Å². The zero-order chi connectivity index (χ0) is 10.6. The van der Waals surface area contributed by atoms with Crippen molar-refractivity contribution in [2.75, 3.05) is 46.9 Å². The van der Waals surface area contributed by atoms with Gasteiger partial charge in [0.25, 0.3) is 0 Å². The summed E-state index contributed by atoms with van der Waals surface area (Å²) in [4.78, 5) is 4.58. The van der Waals surface area contributed by atoms with Gasteiger partial charge in [0.05, 0.1) is 12.7 Å². The summed E-state index contributed by atoms with van der Waals surface area (Å²) in [5, 5.41) is 0.